The number of amides is 1. The van der Waals surface area contributed by atoms with Gasteiger partial charge in [0.1, 0.15) is 17.5 Å². The maximum absolute atomic E-state index is 13.6. The summed E-state index contributed by atoms with van der Waals surface area (Å²) in [5, 5.41) is 7.57. The number of carbonyl (C=O) groups excluding carboxylic acids is 1. The van der Waals surface area contributed by atoms with E-state index < -0.39 is 0 Å². The van der Waals surface area contributed by atoms with Crippen molar-refractivity contribution in [3.63, 3.8) is 0 Å². The van der Waals surface area contributed by atoms with E-state index in [1.54, 1.807) is 16.8 Å². The molecule has 37 heavy (non-hydrogen) atoms. The molecule has 2 aromatic carbocycles. The van der Waals surface area contributed by atoms with Crippen LogP contribution in [0.15, 0.2) is 72.1 Å². The van der Waals surface area contributed by atoms with Crippen molar-refractivity contribution in [3.05, 3.63) is 99.9 Å². The summed E-state index contributed by atoms with van der Waals surface area (Å²) in [4.78, 5) is 27.7. The first-order chi connectivity index (χ1) is 18.1. The maximum atomic E-state index is 13.6. The SMILES string of the molecule is Cc1nn(-c2ccc(F)cc2)c2nc(Cc3ccccc3)nc(N3CCN(C(=O)c4cccs4)CC3)c12. The van der Waals surface area contributed by atoms with Crippen LogP contribution in [0.2, 0.25) is 0 Å². The third-order valence-corrected chi connectivity index (χ3v) is 7.46. The lowest BCUT2D eigenvalue weighted by Crippen LogP contribution is -2.49. The van der Waals surface area contributed by atoms with E-state index in [0.717, 1.165) is 33.0 Å². The third-order valence-electron chi connectivity index (χ3n) is 6.60. The summed E-state index contributed by atoms with van der Waals surface area (Å²) in [6, 6.07) is 20.2. The van der Waals surface area contributed by atoms with Gasteiger partial charge >= 0.3 is 0 Å². The van der Waals surface area contributed by atoms with Crippen molar-refractivity contribution in [3.8, 4) is 5.69 Å². The highest BCUT2D eigenvalue weighted by Crippen LogP contribution is 2.30. The molecule has 9 heteroatoms. The fraction of sp³-hybridized carbons (Fsp3) is 0.214. The summed E-state index contributed by atoms with van der Waals surface area (Å²) in [5.41, 5.74) is 3.35. The van der Waals surface area contributed by atoms with Crippen molar-refractivity contribution in [1.29, 1.82) is 0 Å². The van der Waals surface area contributed by atoms with Crippen LogP contribution >= 0.6 is 11.3 Å². The number of halogens is 1. The van der Waals surface area contributed by atoms with Crippen LogP contribution in [0.4, 0.5) is 10.2 Å². The Bertz CT molecular complexity index is 1540. The molecule has 1 fully saturated rings. The molecule has 1 amide bonds. The predicted molar refractivity (Wildman–Crippen MR) is 143 cm³/mol. The highest BCUT2D eigenvalue weighted by atomic mass is 32.1. The molecular weight excluding hydrogens is 487 g/mol. The Kier molecular flexibility index (Phi) is 6.13. The molecule has 0 saturated carbocycles. The zero-order valence-corrected chi connectivity index (χ0v) is 21.2. The first kappa shape index (κ1) is 23.3. The molecule has 186 valence electrons. The van der Waals surface area contributed by atoms with Gasteiger partial charge in [-0.1, -0.05) is 36.4 Å². The third kappa shape index (κ3) is 4.58. The summed E-state index contributed by atoms with van der Waals surface area (Å²) in [7, 11) is 0. The van der Waals surface area contributed by atoms with Gasteiger partial charge in [0, 0.05) is 32.6 Å². The lowest BCUT2D eigenvalue weighted by molar-refractivity contribution is 0.0751. The smallest absolute Gasteiger partial charge is 0.264 e. The van der Waals surface area contributed by atoms with Gasteiger partial charge in [-0.3, -0.25) is 4.79 Å². The average molecular weight is 513 g/mol. The Morgan fingerprint density at radius 3 is 2.41 bits per heavy atom. The van der Waals surface area contributed by atoms with E-state index in [2.05, 4.69) is 17.0 Å². The first-order valence-corrected chi connectivity index (χ1v) is 13.1. The molecule has 0 radical (unpaired) electrons. The van der Waals surface area contributed by atoms with E-state index in [-0.39, 0.29) is 11.7 Å². The largest absolute Gasteiger partial charge is 0.352 e. The van der Waals surface area contributed by atoms with E-state index in [0.29, 0.717) is 44.1 Å². The minimum atomic E-state index is -0.299. The van der Waals surface area contributed by atoms with Crippen molar-refractivity contribution in [1.82, 2.24) is 24.6 Å². The molecule has 1 aliphatic heterocycles. The molecule has 5 aromatic rings. The fourth-order valence-electron chi connectivity index (χ4n) is 4.73. The zero-order chi connectivity index (χ0) is 25.4. The second-order valence-corrected chi connectivity index (χ2v) is 10.0. The summed E-state index contributed by atoms with van der Waals surface area (Å²) < 4.78 is 15.4. The quantitative estimate of drug-likeness (QED) is 0.336. The van der Waals surface area contributed by atoms with Crippen LogP contribution in [0.25, 0.3) is 16.7 Å². The number of piperazine rings is 1. The number of aromatic nitrogens is 4. The summed E-state index contributed by atoms with van der Waals surface area (Å²) in [5.74, 6) is 1.29. The first-order valence-electron chi connectivity index (χ1n) is 12.2. The lowest BCUT2D eigenvalue weighted by Gasteiger charge is -2.35. The van der Waals surface area contributed by atoms with E-state index in [1.165, 1.54) is 23.5 Å². The van der Waals surface area contributed by atoms with Crippen molar-refractivity contribution < 1.29 is 9.18 Å². The molecule has 0 spiro atoms. The summed E-state index contributed by atoms with van der Waals surface area (Å²) in [6.07, 6.45) is 0.578. The number of aryl methyl sites for hydroxylation is 1. The van der Waals surface area contributed by atoms with Crippen molar-refractivity contribution >= 4 is 34.1 Å². The Morgan fingerprint density at radius 1 is 0.946 bits per heavy atom. The molecule has 0 bridgehead atoms. The number of nitrogens with zero attached hydrogens (tertiary/aromatic N) is 6. The summed E-state index contributed by atoms with van der Waals surface area (Å²) >= 11 is 1.47. The normalized spacial score (nSPS) is 13.9. The van der Waals surface area contributed by atoms with Gasteiger partial charge in [0.2, 0.25) is 0 Å². The van der Waals surface area contributed by atoms with Crippen LogP contribution in [0.5, 0.6) is 0 Å². The number of carbonyl (C=O) groups is 1. The van der Waals surface area contributed by atoms with Crippen molar-refractivity contribution in [2.75, 3.05) is 31.1 Å². The van der Waals surface area contributed by atoms with E-state index >= 15 is 0 Å². The molecule has 1 saturated heterocycles. The Labute approximate surface area is 217 Å². The standard InChI is InChI=1S/C28H25FN6OS/c1-19-25-26(33-13-15-34(16-14-33)28(36)23-8-5-17-37-23)30-24(18-20-6-3-2-4-7-20)31-27(25)35(32-19)22-11-9-21(29)10-12-22/h2-12,17H,13-16,18H2,1H3. The second-order valence-electron chi connectivity index (χ2n) is 9.05. The van der Waals surface area contributed by atoms with Gasteiger partial charge in [-0.25, -0.2) is 19.0 Å². The van der Waals surface area contributed by atoms with E-state index in [9.17, 15) is 9.18 Å². The molecule has 0 N–H and O–H groups in total. The number of thiophene rings is 1. The number of fused-ring (bicyclic) bond motifs is 1. The van der Waals surface area contributed by atoms with Gasteiger partial charge in [-0.05, 0) is 48.2 Å². The number of benzene rings is 2. The number of anilines is 1. The van der Waals surface area contributed by atoms with Gasteiger partial charge in [0.05, 0.1) is 21.6 Å². The van der Waals surface area contributed by atoms with Crippen LogP contribution in [0.3, 0.4) is 0 Å². The topological polar surface area (TPSA) is 67.2 Å². The van der Waals surface area contributed by atoms with Crippen LogP contribution in [0.1, 0.15) is 26.8 Å². The molecule has 6 rings (SSSR count). The molecule has 1 aliphatic rings. The zero-order valence-electron chi connectivity index (χ0n) is 20.3. The number of hydrogen-bond acceptors (Lipinski definition) is 6. The van der Waals surface area contributed by atoms with Crippen LogP contribution < -0.4 is 4.90 Å². The predicted octanol–water partition coefficient (Wildman–Crippen LogP) is 4.88. The van der Waals surface area contributed by atoms with Gasteiger partial charge < -0.3 is 9.80 Å². The average Bonchev–Trinajstić information content (AvgIpc) is 3.58. The summed E-state index contributed by atoms with van der Waals surface area (Å²) in [6.45, 7) is 4.50. The van der Waals surface area contributed by atoms with Gasteiger partial charge in [-0.2, -0.15) is 5.10 Å². The van der Waals surface area contributed by atoms with Gasteiger partial charge in [-0.15, -0.1) is 11.3 Å². The molecule has 3 aromatic heterocycles. The Hall–Kier alpha value is -4.11. The van der Waals surface area contributed by atoms with E-state index in [4.69, 9.17) is 15.1 Å². The molecule has 4 heterocycles. The van der Waals surface area contributed by atoms with Crippen LogP contribution in [-0.2, 0) is 6.42 Å². The minimum absolute atomic E-state index is 0.0764. The number of rotatable bonds is 5. The minimum Gasteiger partial charge on any atom is -0.352 e. The van der Waals surface area contributed by atoms with Crippen molar-refractivity contribution in [2.24, 2.45) is 0 Å². The lowest BCUT2D eigenvalue weighted by atomic mass is 10.1. The van der Waals surface area contributed by atoms with Crippen LogP contribution in [-0.4, -0.2) is 56.7 Å². The van der Waals surface area contributed by atoms with E-state index in [1.807, 2.05) is 47.5 Å². The Morgan fingerprint density at radius 2 is 1.70 bits per heavy atom. The van der Waals surface area contributed by atoms with Crippen LogP contribution in [0, 0.1) is 12.7 Å². The monoisotopic (exact) mass is 512 g/mol. The maximum Gasteiger partial charge on any atom is 0.264 e. The highest BCUT2D eigenvalue weighted by molar-refractivity contribution is 7.12. The highest BCUT2D eigenvalue weighted by Gasteiger charge is 2.27. The molecule has 0 aliphatic carbocycles. The fourth-order valence-corrected chi connectivity index (χ4v) is 5.42. The van der Waals surface area contributed by atoms with Crippen molar-refractivity contribution in [2.45, 2.75) is 13.3 Å². The molecule has 7 nitrogen and oxygen atoms in total. The second kappa shape index (κ2) is 9.74. The number of hydrogen-bond donors (Lipinski definition) is 0. The Balaban J connectivity index is 1.39. The van der Waals surface area contributed by atoms with Gasteiger partial charge in [0.25, 0.3) is 5.91 Å². The molecule has 0 unspecified atom stereocenters. The molecule has 0 atom stereocenters. The molecular formula is C28H25FN6OS. The van der Waals surface area contributed by atoms with Gasteiger partial charge in [0.15, 0.2) is 5.65 Å².